The van der Waals surface area contributed by atoms with Gasteiger partial charge in [0.1, 0.15) is 0 Å². The van der Waals surface area contributed by atoms with Gasteiger partial charge in [-0.15, -0.1) is 0 Å². The lowest BCUT2D eigenvalue weighted by molar-refractivity contribution is 0.355. The van der Waals surface area contributed by atoms with E-state index in [0.717, 1.165) is 0 Å². The first-order chi connectivity index (χ1) is 9.36. The molecule has 0 heterocycles. The molecule has 0 amide bonds. The molecule has 0 radical (unpaired) electrons. The molecule has 0 saturated heterocycles. The van der Waals surface area contributed by atoms with Crippen LogP contribution >= 0.6 is 0 Å². The van der Waals surface area contributed by atoms with Crippen LogP contribution in [0.3, 0.4) is 0 Å². The highest BCUT2D eigenvalue weighted by Gasteiger charge is 1.98. The summed E-state index contributed by atoms with van der Waals surface area (Å²) in [6.45, 7) is 6.92. The van der Waals surface area contributed by atoms with E-state index in [0.29, 0.717) is 0 Å². The van der Waals surface area contributed by atoms with E-state index < -0.39 is 0 Å². The van der Waals surface area contributed by atoms with Gasteiger partial charge in [0, 0.05) is 13.1 Å². The molecule has 0 aliphatic rings. The second-order valence-corrected chi connectivity index (χ2v) is 5.18. The highest BCUT2D eigenvalue weighted by Crippen LogP contribution is 2.07. The van der Waals surface area contributed by atoms with Crippen LogP contribution in [0.4, 0.5) is 0 Å². The predicted molar refractivity (Wildman–Crippen MR) is 86.1 cm³/mol. The fourth-order valence-electron chi connectivity index (χ4n) is 2.15. The van der Waals surface area contributed by atoms with E-state index in [9.17, 15) is 0 Å². The second kappa shape index (κ2) is 10.7. The van der Waals surface area contributed by atoms with Crippen LogP contribution in [0.15, 0.2) is 36.5 Å². The fourth-order valence-corrected chi connectivity index (χ4v) is 2.15. The minimum Gasteiger partial charge on any atom is -0.377 e. The summed E-state index contributed by atoms with van der Waals surface area (Å²) in [5, 5.41) is 0. The molecule has 0 N–H and O–H groups in total. The number of benzene rings is 1. The van der Waals surface area contributed by atoms with Crippen molar-refractivity contribution < 1.29 is 0 Å². The van der Waals surface area contributed by atoms with Gasteiger partial charge in [0.15, 0.2) is 0 Å². The Bertz CT molecular complexity index is 319. The van der Waals surface area contributed by atoms with Crippen LogP contribution in [0.5, 0.6) is 0 Å². The Morgan fingerprint density at radius 2 is 1.42 bits per heavy atom. The minimum atomic E-state index is 1.20. The normalized spacial score (nSPS) is 11.1. The molecule has 1 nitrogen and oxygen atoms in total. The van der Waals surface area contributed by atoms with Crippen molar-refractivity contribution in [3.63, 3.8) is 0 Å². The van der Waals surface area contributed by atoms with E-state index in [1.54, 1.807) is 0 Å². The lowest BCUT2D eigenvalue weighted by Gasteiger charge is -2.20. The summed E-state index contributed by atoms with van der Waals surface area (Å²) in [7, 11) is 0. The number of nitrogens with zero attached hydrogens (tertiary/aromatic N) is 1. The van der Waals surface area contributed by atoms with Crippen LogP contribution in [0.2, 0.25) is 0 Å². The zero-order valence-electron chi connectivity index (χ0n) is 12.6. The molecule has 0 aliphatic heterocycles. The number of hydrogen-bond acceptors (Lipinski definition) is 1. The fraction of sp³-hybridized carbons (Fsp3) is 0.556. The molecule has 106 valence electrons. The van der Waals surface area contributed by atoms with Crippen LogP contribution in [0.1, 0.15) is 57.9 Å². The summed E-state index contributed by atoms with van der Waals surface area (Å²) >= 11 is 0. The Morgan fingerprint density at radius 1 is 0.842 bits per heavy atom. The Balaban J connectivity index is 2.44. The van der Waals surface area contributed by atoms with E-state index >= 15 is 0 Å². The molecule has 1 rings (SSSR count). The summed E-state index contributed by atoms with van der Waals surface area (Å²) in [5.74, 6) is 0. The van der Waals surface area contributed by atoms with Crippen molar-refractivity contribution in [2.75, 3.05) is 13.1 Å². The molecule has 1 aromatic rings. The topological polar surface area (TPSA) is 3.24 Å². The average molecular weight is 259 g/mol. The molecule has 0 bridgehead atoms. The molecule has 0 fully saturated rings. The van der Waals surface area contributed by atoms with E-state index in [-0.39, 0.29) is 0 Å². The first-order valence-electron chi connectivity index (χ1n) is 7.84. The zero-order valence-corrected chi connectivity index (χ0v) is 12.6. The Hall–Kier alpha value is -1.24. The largest absolute Gasteiger partial charge is 0.377 e. The molecule has 1 aromatic carbocycles. The molecular weight excluding hydrogens is 230 g/mol. The lowest BCUT2D eigenvalue weighted by atomic mass is 10.2. The van der Waals surface area contributed by atoms with E-state index in [2.05, 4.69) is 61.4 Å². The van der Waals surface area contributed by atoms with Crippen molar-refractivity contribution >= 4 is 6.08 Å². The summed E-state index contributed by atoms with van der Waals surface area (Å²) < 4.78 is 0. The quantitative estimate of drug-likeness (QED) is 0.513. The Morgan fingerprint density at radius 3 is 1.95 bits per heavy atom. The van der Waals surface area contributed by atoms with Crippen LogP contribution in [-0.2, 0) is 0 Å². The van der Waals surface area contributed by atoms with E-state index in [4.69, 9.17) is 0 Å². The first-order valence-corrected chi connectivity index (χ1v) is 7.84. The summed E-state index contributed by atoms with van der Waals surface area (Å²) in [4.78, 5) is 2.48. The zero-order chi connectivity index (χ0) is 13.8. The van der Waals surface area contributed by atoms with Crippen molar-refractivity contribution in [2.24, 2.45) is 0 Å². The monoisotopic (exact) mass is 259 g/mol. The maximum atomic E-state index is 2.48. The van der Waals surface area contributed by atoms with E-state index in [1.807, 2.05) is 0 Å². The summed E-state index contributed by atoms with van der Waals surface area (Å²) in [5.41, 5.74) is 1.29. The van der Waals surface area contributed by atoms with Gasteiger partial charge in [-0.1, -0.05) is 69.9 Å². The van der Waals surface area contributed by atoms with Gasteiger partial charge in [-0.05, 0) is 30.7 Å². The molecule has 0 saturated carbocycles. The van der Waals surface area contributed by atoms with Crippen molar-refractivity contribution in [3.05, 3.63) is 42.1 Å². The van der Waals surface area contributed by atoms with Gasteiger partial charge in [-0.2, -0.15) is 0 Å². The standard InChI is InChI=1S/C18H29N/c1-3-5-10-15-19(16-11-6-4-2)17-14-18-12-8-7-9-13-18/h7-9,12-14,17H,3-6,10-11,15-16H2,1-2H3. The average Bonchev–Trinajstić information content (AvgIpc) is 2.45. The smallest absolute Gasteiger partial charge is 0.0172 e. The molecule has 0 aliphatic carbocycles. The van der Waals surface area contributed by atoms with Crippen LogP contribution in [0.25, 0.3) is 6.08 Å². The summed E-state index contributed by atoms with van der Waals surface area (Å²) in [6, 6.07) is 10.6. The van der Waals surface area contributed by atoms with Crippen molar-refractivity contribution in [2.45, 2.75) is 52.4 Å². The number of unbranched alkanes of at least 4 members (excludes halogenated alkanes) is 4. The molecular formula is C18H29N. The predicted octanol–water partition coefficient (Wildman–Crippen LogP) is 5.34. The number of rotatable bonds is 10. The summed E-state index contributed by atoms with van der Waals surface area (Å²) in [6.07, 6.45) is 12.4. The minimum absolute atomic E-state index is 1.20. The third-order valence-corrected chi connectivity index (χ3v) is 3.38. The highest BCUT2D eigenvalue weighted by atomic mass is 15.1. The molecule has 0 spiro atoms. The van der Waals surface area contributed by atoms with Crippen LogP contribution in [0, 0.1) is 0 Å². The molecule has 0 atom stereocenters. The van der Waals surface area contributed by atoms with Gasteiger partial charge < -0.3 is 4.90 Å². The van der Waals surface area contributed by atoms with Crippen molar-refractivity contribution in [1.82, 2.24) is 4.90 Å². The molecule has 1 heteroatoms. The molecule has 0 unspecified atom stereocenters. The van der Waals surface area contributed by atoms with Crippen LogP contribution < -0.4 is 0 Å². The SMILES string of the molecule is CCCCCN(C=Cc1ccccc1)CCCCC. The van der Waals surface area contributed by atoms with Gasteiger partial charge in [0.25, 0.3) is 0 Å². The molecule has 0 aromatic heterocycles. The highest BCUT2D eigenvalue weighted by molar-refractivity contribution is 5.48. The van der Waals surface area contributed by atoms with Gasteiger partial charge in [0.05, 0.1) is 0 Å². The third kappa shape index (κ3) is 7.71. The van der Waals surface area contributed by atoms with Gasteiger partial charge >= 0.3 is 0 Å². The maximum absolute atomic E-state index is 2.48. The van der Waals surface area contributed by atoms with Crippen LogP contribution in [-0.4, -0.2) is 18.0 Å². The molecule has 19 heavy (non-hydrogen) atoms. The Kier molecular flexibility index (Phi) is 8.87. The van der Waals surface area contributed by atoms with Crippen molar-refractivity contribution in [1.29, 1.82) is 0 Å². The van der Waals surface area contributed by atoms with Gasteiger partial charge in [-0.25, -0.2) is 0 Å². The Labute approximate surface area is 119 Å². The van der Waals surface area contributed by atoms with Crippen molar-refractivity contribution in [3.8, 4) is 0 Å². The lowest BCUT2D eigenvalue weighted by Crippen LogP contribution is -2.19. The first kappa shape index (κ1) is 15.8. The third-order valence-electron chi connectivity index (χ3n) is 3.38. The van der Waals surface area contributed by atoms with E-state index in [1.165, 1.54) is 57.2 Å². The maximum Gasteiger partial charge on any atom is 0.0172 e. The van der Waals surface area contributed by atoms with Gasteiger partial charge in [0.2, 0.25) is 0 Å². The number of hydrogen-bond donors (Lipinski definition) is 0. The second-order valence-electron chi connectivity index (χ2n) is 5.18. The van der Waals surface area contributed by atoms with Gasteiger partial charge in [-0.3, -0.25) is 0 Å².